The Bertz CT molecular complexity index is 1130. The smallest absolute Gasteiger partial charge is 0.251 e. The highest BCUT2D eigenvalue weighted by Gasteiger charge is 2.18. The van der Waals surface area contributed by atoms with Gasteiger partial charge in [0.25, 0.3) is 5.56 Å². The van der Waals surface area contributed by atoms with E-state index in [-0.39, 0.29) is 23.2 Å². The van der Waals surface area contributed by atoms with Gasteiger partial charge in [0.2, 0.25) is 5.95 Å². The summed E-state index contributed by atoms with van der Waals surface area (Å²) < 4.78 is 26.2. The maximum absolute atomic E-state index is 14.0. The van der Waals surface area contributed by atoms with Gasteiger partial charge in [-0.2, -0.15) is 0 Å². The fraction of sp³-hybridized carbons (Fsp3) is 0.348. The van der Waals surface area contributed by atoms with Crippen LogP contribution in [0.3, 0.4) is 0 Å². The zero-order chi connectivity index (χ0) is 22.5. The van der Waals surface area contributed by atoms with Crippen LogP contribution in [-0.2, 0) is 9.47 Å². The van der Waals surface area contributed by atoms with Crippen molar-refractivity contribution in [3.05, 3.63) is 75.5 Å². The minimum Gasteiger partial charge on any atom is -0.382 e. The average molecular weight is 459 g/mol. The van der Waals surface area contributed by atoms with E-state index in [0.717, 1.165) is 26.1 Å². The summed E-state index contributed by atoms with van der Waals surface area (Å²) in [6.45, 7) is 1.64. The molecule has 9 heteroatoms. The number of hydrogen-bond acceptors (Lipinski definition) is 6. The lowest BCUT2D eigenvalue weighted by molar-refractivity contribution is 0.0903. The lowest BCUT2D eigenvalue weighted by Crippen LogP contribution is -2.28. The molecule has 0 radical (unpaired) electrons. The van der Waals surface area contributed by atoms with Crippen LogP contribution in [0.2, 0.25) is 5.02 Å². The van der Waals surface area contributed by atoms with Crippen LogP contribution in [0.1, 0.15) is 24.4 Å². The topological polar surface area (TPSA) is 78.3 Å². The monoisotopic (exact) mass is 458 g/mol. The number of anilines is 1. The molecule has 1 aromatic carbocycles. The van der Waals surface area contributed by atoms with Crippen molar-refractivity contribution in [2.45, 2.75) is 24.9 Å². The molecule has 0 amide bonds. The van der Waals surface area contributed by atoms with Gasteiger partial charge < -0.3 is 19.4 Å². The number of nitrogens with zero attached hydrogens (tertiary/aromatic N) is 3. The first-order chi connectivity index (χ1) is 15.5. The van der Waals surface area contributed by atoms with Gasteiger partial charge in [-0.3, -0.25) is 4.79 Å². The first kappa shape index (κ1) is 22.4. The fourth-order valence-corrected chi connectivity index (χ4v) is 3.85. The highest BCUT2D eigenvalue weighted by atomic mass is 35.5. The summed E-state index contributed by atoms with van der Waals surface area (Å²) in [6, 6.07) is 9.33. The maximum atomic E-state index is 14.0. The maximum Gasteiger partial charge on any atom is 0.251 e. The molecule has 1 saturated heterocycles. The van der Waals surface area contributed by atoms with Gasteiger partial charge in [-0.05, 0) is 42.7 Å². The van der Waals surface area contributed by atoms with Crippen molar-refractivity contribution in [3.8, 4) is 11.3 Å². The molecule has 1 atom stereocenters. The zero-order valence-corrected chi connectivity index (χ0v) is 18.4. The molecule has 168 valence electrons. The number of ether oxygens (including phenoxy) is 2. The molecule has 1 aliphatic rings. The molecule has 3 heterocycles. The molecular weight excluding hydrogens is 435 g/mol. The third-order valence-electron chi connectivity index (χ3n) is 5.44. The van der Waals surface area contributed by atoms with Crippen molar-refractivity contribution in [2.75, 3.05) is 32.2 Å². The molecule has 1 aliphatic heterocycles. The van der Waals surface area contributed by atoms with E-state index in [0.29, 0.717) is 22.8 Å². The van der Waals surface area contributed by atoms with Gasteiger partial charge in [-0.1, -0.05) is 17.7 Å². The first-order valence-electron chi connectivity index (χ1n) is 10.4. The molecule has 0 bridgehead atoms. The Morgan fingerprint density at radius 1 is 1.28 bits per heavy atom. The van der Waals surface area contributed by atoms with Crippen molar-refractivity contribution in [3.63, 3.8) is 0 Å². The van der Waals surface area contributed by atoms with E-state index in [2.05, 4.69) is 15.3 Å². The molecule has 3 aromatic rings. The predicted molar refractivity (Wildman–Crippen MR) is 121 cm³/mol. The van der Waals surface area contributed by atoms with Gasteiger partial charge in [-0.25, -0.2) is 14.4 Å². The predicted octanol–water partition coefficient (Wildman–Crippen LogP) is 3.92. The highest BCUT2D eigenvalue weighted by molar-refractivity contribution is 6.30. The van der Waals surface area contributed by atoms with Crippen molar-refractivity contribution in [1.82, 2.24) is 14.5 Å². The SMILES string of the molecule is COCC(c1ccc(Cl)c(F)c1)n1ccc(-c2ccnc(NC3CCOCC3)n2)cc1=O. The summed E-state index contributed by atoms with van der Waals surface area (Å²) >= 11 is 5.80. The number of hydrogen-bond donors (Lipinski definition) is 1. The summed E-state index contributed by atoms with van der Waals surface area (Å²) in [6.07, 6.45) is 5.13. The number of halogens is 2. The Hall–Kier alpha value is -2.81. The van der Waals surface area contributed by atoms with Crippen LogP contribution in [0.5, 0.6) is 0 Å². The number of pyridine rings is 1. The summed E-state index contributed by atoms with van der Waals surface area (Å²) in [7, 11) is 1.53. The van der Waals surface area contributed by atoms with E-state index in [1.165, 1.54) is 29.9 Å². The molecule has 7 nitrogen and oxygen atoms in total. The van der Waals surface area contributed by atoms with Crippen LogP contribution in [0, 0.1) is 5.82 Å². The second-order valence-corrected chi connectivity index (χ2v) is 8.01. The number of nitrogens with one attached hydrogen (secondary N) is 1. The van der Waals surface area contributed by atoms with Gasteiger partial charge >= 0.3 is 0 Å². The Morgan fingerprint density at radius 2 is 2.09 bits per heavy atom. The van der Waals surface area contributed by atoms with Crippen LogP contribution in [-0.4, -0.2) is 47.5 Å². The van der Waals surface area contributed by atoms with Gasteiger partial charge in [0.1, 0.15) is 5.82 Å². The lowest BCUT2D eigenvalue weighted by atomic mass is 10.1. The zero-order valence-electron chi connectivity index (χ0n) is 17.6. The summed E-state index contributed by atoms with van der Waals surface area (Å²) in [5.41, 5.74) is 1.65. The summed E-state index contributed by atoms with van der Waals surface area (Å²) in [5, 5.41) is 3.36. The van der Waals surface area contributed by atoms with Crippen LogP contribution in [0.4, 0.5) is 10.3 Å². The highest BCUT2D eigenvalue weighted by Crippen LogP contribution is 2.24. The molecule has 1 unspecified atom stereocenters. The largest absolute Gasteiger partial charge is 0.382 e. The second-order valence-electron chi connectivity index (χ2n) is 7.60. The van der Waals surface area contributed by atoms with Crippen molar-refractivity contribution >= 4 is 17.5 Å². The Labute approximate surface area is 190 Å². The molecule has 0 spiro atoms. The summed E-state index contributed by atoms with van der Waals surface area (Å²) in [4.78, 5) is 21.8. The Balaban J connectivity index is 1.60. The molecule has 0 saturated carbocycles. The molecular formula is C23H24ClFN4O3. The number of methoxy groups -OCH3 is 1. The van der Waals surface area contributed by atoms with Crippen molar-refractivity contribution in [2.24, 2.45) is 0 Å². The Morgan fingerprint density at radius 3 is 2.81 bits per heavy atom. The van der Waals surface area contributed by atoms with Crippen molar-refractivity contribution in [1.29, 1.82) is 0 Å². The molecule has 2 aromatic heterocycles. The van der Waals surface area contributed by atoms with E-state index in [9.17, 15) is 9.18 Å². The molecule has 1 N–H and O–H groups in total. The van der Waals surface area contributed by atoms with Crippen LogP contribution in [0.15, 0.2) is 53.6 Å². The van der Waals surface area contributed by atoms with Crippen LogP contribution in [0.25, 0.3) is 11.3 Å². The van der Waals surface area contributed by atoms with Gasteiger partial charge in [0, 0.05) is 50.4 Å². The fourth-order valence-electron chi connectivity index (χ4n) is 3.73. The third kappa shape index (κ3) is 5.15. The van der Waals surface area contributed by atoms with Gasteiger partial charge in [0.15, 0.2) is 0 Å². The van der Waals surface area contributed by atoms with E-state index in [1.807, 2.05) is 0 Å². The van der Waals surface area contributed by atoms with E-state index < -0.39 is 11.9 Å². The Kier molecular flexibility index (Phi) is 7.14. The number of rotatable bonds is 7. The summed E-state index contributed by atoms with van der Waals surface area (Å²) in [5.74, 6) is -0.0204. The average Bonchev–Trinajstić information content (AvgIpc) is 2.80. The van der Waals surface area contributed by atoms with E-state index in [1.54, 1.807) is 30.6 Å². The minimum atomic E-state index is -0.541. The van der Waals surface area contributed by atoms with E-state index in [4.69, 9.17) is 21.1 Å². The number of aromatic nitrogens is 3. The molecule has 4 rings (SSSR count). The first-order valence-corrected chi connectivity index (χ1v) is 10.8. The van der Waals surface area contributed by atoms with Crippen LogP contribution >= 0.6 is 11.6 Å². The van der Waals surface area contributed by atoms with E-state index >= 15 is 0 Å². The second kappa shape index (κ2) is 10.2. The third-order valence-corrected chi connectivity index (χ3v) is 5.75. The van der Waals surface area contributed by atoms with Gasteiger partial charge in [-0.15, -0.1) is 0 Å². The standard InChI is InChI=1S/C23H24ClFN4O3/c1-31-14-21(16-2-3-18(24)19(25)12-16)29-9-5-15(13-22(29)30)20-4-8-26-23(28-20)27-17-6-10-32-11-7-17/h2-5,8-9,12-13,17,21H,6-7,10-11,14H2,1H3,(H,26,27,28). The number of benzene rings is 1. The molecule has 0 aliphatic carbocycles. The van der Waals surface area contributed by atoms with Gasteiger partial charge in [0.05, 0.1) is 23.4 Å². The normalized spacial score (nSPS) is 15.5. The molecule has 1 fully saturated rings. The quantitative estimate of drug-likeness (QED) is 0.578. The lowest BCUT2D eigenvalue weighted by Gasteiger charge is -2.23. The van der Waals surface area contributed by atoms with Crippen LogP contribution < -0.4 is 10.9 Å². The molecule has 32 heavy (non-hydrogen) atoms. The minimum absolute atomic E-state index is 0.0292. The van der Waals surface area contributed by atoms with Crippen molar-refractivity contribution < 1.29 is 13.9 Å².